The summed E-state index contributed by atoms with van der Waals surface area (Å²) in [6.45, 7) is 3.54. The van der Waals surface area contributed by atoms with E-state index in [1.54, 1.807) is 53.3 Å². The first-order chi connectivity index (χ1) is 20.7. The van der Waals surface area contributed by atoms with E-state index in [-0.39, 0.29) is 24.5 Å². The second-order valence-electron chi connectivity index (χ2n) is 10.9. The Hall–Kier alpha value is -5.11. The molecule has 0 aromatic heterocycles. The van der Waals surface area contributed by atoms with Gasteiger partial charge in [0.1, 0.15) is 30.5 Å². The van der Waals surface area contributed by atoms with Crippen LogP contribution in [0.5, 0.6) is 5.75 Å². The molecule has 1 aliphatic rings. The second kappa shape index (κ2) is 13.0. The maximum Gasteiger partial charge on any atom is 0.422 e. The number of amides is 3. The van der Waals surface area contributed by atoms with Gasteiger partial charge in [0.2, 0.25) is 5.91 Å². The van der Waals surface area contributed by atoms with Crippen LogP contribution in [-0.2, 0) is 37.6 Å². The van der Waals surface area contributed by atoms with Crippen LogP contribution in [0.2, 0.25) is 0 Å². The minimum atomic E-state index is -4.81. The number of nitrogens with zero attached hydrogens (tertiary/aromatic N) is 1. The smallest absolute Gasteiger partial charge is 0.422 e. The number of carbonyl (C=O) groups is 4. The molecule has 0 radical (unpaired) electrons. The largest absolute Gasteiger partial charge is 0.487 e. The molecule has 14 heteroatoms. The van der Waals surface area contributed by atoms with Crippen molar-refractivity contribution in [1.82, 2.24) is 10.0 Å². The molecule has 3 amide bonds. The first-order valence-electron chi connectivity index (χ1n) is 13.5. The summed E-state index contributed by atoms with van der Waals surface area (Å²) in [4.78, 5) is 49.9. The standard InChI is InChI=1S/C30H32N4O9S/c1-30(2,3)43-29(39)33-44(40,41)34(17-26(35)36)24-14-13-20(16-25(24)42-18-19-9-5-4-6-10-19)15-23-28(38)31-22-12-8-7-11-21(22)27(37)32-23/h4-14,16,23H,15,17-18H2,1-3H3,(H,31,38)(H,32,37)(H,33,39)(H,35,36). The predicted octanol–water partition coefficient (Wildman–Crippen LogP) is 3.22. The molecule has 44 heavy (non-hydrogen) atoms. The van der Waals surface area contributed by atoms with Crippen LogP contribution in [0.1, 0.15) is 42.3 Å². The van der Waals surface area contributed by atoms with Crippen molar-refractivity contribution in [2.45, 2.75) is 45.4 Å². The van der Waals surface area contributed by atoms with Crippen LogP contribution in [0.25, 0.3) is 0 Å². The van der Waals surface area contributed by atoms with Gasteiger partial charge in [-0.1, -0.05) is 48.5 Å². The molecule has 1 aliphatic heterocycles. The number of carboxylic acid groups (broad SMARTS) is 1. The van der Waals surface area contributed by atoms with E-state index in [0.29, 0.717) is 21.1 Å². The number of benzene rings is 3. The number of fused-ring (bicyclic) bond motifs is 1. The van der Waals surface area contributed by atoms with Crippen molar-refractivity contribution in [1.29, 1.82) is 0 Å². The molecule has 13 nitrogen and oxygen atoms in total. The van der Waals surface area contributed by atoms with Crippen LogP contribution < -0.4 is 24.4 Å². The predicted molar refractivity (Wildman–Crippen MR) is 161 cm³/mol. The summed E-state index contributed by atoms with van der Waals surface area (Å²) in [7, 11) is -4.81. The van der Waals surface area contributed by atoms with E-state index in [1.807, 2.05) is 6.07 Å². The van der Waals surface area contributed by atoms with Gasteiger partial charge in [0.25, 0.3) is 5.91 Å². The monoisotopic (exact) mass is 624 g/mol. The highest BCUT2D eigenvalue weighted by Crippen LogP contribution is 2.33. The van der Waals surface area contributed by atoms with E-state index in [0.717, 1.165) is 5.56 Å². The number of hydrogen-bond acceptors (Lipinski definition) is 8. The van der Waals surface area contributed by atoms with Gasteiger partial charge in [0.15, 0.2) is 0 Å². The maximum atomic E-state index is 13.3. The van der Waals surface area contributed by atoms with Crippen LogP contribution in [0.4, 0.5) is 16.2 Å². The summed E-state index contributed by atoms with van der Waals surface area (Å²) in [6.07, 6.45) is -1.30. The fourth-order valence-corrected chi connectivity index (χ4v) is 5.37. The van der Waals surface area contributed by atoms with Crippen molar-refractivity contribution in [2.75, 3.05) is 16.2 Å². The molecule has 1 unspecified atom stereocenters. The van der Waals surface area contributed by atoms with E-state index >= 15 is 0 Å². The number of nitrogens with one attached hydrogen (secondary N) is 3. The quantitative estimate of drug-likeness (QED) is 0.263. The van der Waals surface area contributed by atoms with Crippen molar-refractivity contribution in [3.63, 3.8) is 0 Å². The number of para-hydroxylation sites is 1. The zero-order chi connectivity index (χ0) is 32.1. The zero-order valence-electron chi connectivity index (χ0n) is 24.2. The van der Waals surface area contributed by atoms with Gasteiger partial charge in [-0.25, -0.2) is 13.8 Å². The number of aliphatic carboxylic acids is 1. The van der Waals surface area contributed by atoms with Gasteiger partial charge in [-0.2, -0.15) is 8.42 Å². The molecule has 0 saturated carbocycles. The van der Waals surface area contributed by atoms with Crippen LogP contribution in [0.3, 0.4) is 0 Å². The Morgan fingerprint density at radius 3 is 2.34 bits per heavy atom. The third-order valence-electron chi connectivity index (χ3n) is 6.20. The molecule has 1 atom stereocenters. The SMILES string of the molecule is CC(C)(C)OC(=O)NS(=O)(=O)N(CC(=O)O)c1ccc(CC2NC(=O)c3ccccc3NC2=O)cc1OCc1ccccc1. The average Bonchev–Trinajstić information content (AvgIpc) is 3.05. The van der Waals surface area contributed by atoms with Gasteiger partial charge in [-0.15, -0.1) is 0 Å². The van der Waals surface area contributed by atoms with Gasteiger partial charge in [0, 0.05) is 6.42 Å². The molecule has 0 bridgehead atoms. The first kappa shape index (κ1) is 31.8. The Morgan fingerprint density at radius 2 is 1.66 bits per heavy atom. The molecule has 0 fully saturated rings. The van der Waals surface area contributed by atoms with E-state index < -0.39 is 52.3 Å². The summed E-state index contributed by atoms with van der Waals surface area (Å²) < 4.78 is 39.9. The minimum absolute atomic E-state index is 0.00459. The fourth-order valence-electron chi connectivity index (χ4n) is 4.32. The van der Waals surface area contributed by atoms with E-state index in [2.05, 4.69) is 10.6 Å². The Labute approximate surface area is 254 Å². The molecule has 0 spiro atoms. The normalized spacial score (nSPS) is 14.8. The van der Waals surface area contributed by atoms with Crippen LogP contribution in [0, 0.1) is 0 Å². The molecule has 4 rings (SSSR count). The molecular formula is C30H32N4O9S. The van der Waals surface area contributed by atoms with Crippen LogP contribution >= 0.6 is 0 Å². The lowest BCUT2D eigenvalue weighted by atomic mass is 10.0. The highest BCUT2D eigenvalue weighted by atomic mass is 32.2. The lowest BCUT2D eigenvalue weighted by Gasteiger charge is -2.26. The average molecular weight is 625 g/mol. The van der Waals surface area contributed by atoms with Crippen molar-refractivity contribution >= 4 is 45.5 Å². The van der Waals surface area contributed by atoms with Crippen molar-refractivity contribution in [2.24, 2.45) is 0 Å². The molecule has 232 valence electrons. The van der Waals surface area contributed by atoms with Gasteiger partial charge in [0.05, 0.1) is 16.9 Å². The Bertz CT molecular complexity index is 1670. The topological polar surface area (TPSA) is 180 Å². The highest BCUT2D eigenvalue weighted by molar-refractivity contribution is 7.91. The summed E-state index contributed by atoms with van der Waals surface area (Å²) >= 11 is 0. The van der Waals surface area contributed by atoms with E-state index in [9.17, 15) is 32.7 Å². The van der Waals surface area contributed by atoms with Crippen molar-refractivity contribution in [3.05, 3.63) is 89.5 Å². The van der Waals surface area contributed by atoms with E-state index in [1.165, 1.54) is 39.0 Å². The zero-order valence-corrected chi connectivity index (χ0v) is 25.0. The Kier molecular flexibility index (Phi) is 9.43. The number of carboxylic acids is 1. The van der Waals surface area contributed by atoms with Gasteiger partial charge in [-0.3, -0.25) is 14.4 Å². The van der Waals surface area contributed by atoms with Crippen molar-refractivity contribution < 1.29 is 42.2 Å². The minimum Gasteiger partial charge on any atom is -0.487 e. The number of hydrogen-bond donors (Lipinski definition) is 4. The second-order valence-corrected chi connectivity index (χ2v) is 12.4. The highest BCUT2D eigenvalue weighted by Gasteiger charge is 2.32. The lowest BCUT2D eigenvalue weighted by molar-refractivity contribution is -0.135. The first-order valence-corrected chi connectivity index (χ1v) is 14.9. The molecule has 0 saturated heterocycles. The molecule has 4 N–H and O–H groups in total. The molecular weight excluding hydrogens is 592 g/mol. The van der Waals surface area contributed by atoms with Crippen molar-refractivity contribution in [3.8, 4) is 5.75 Å². The summed E-state index contributed by atoms with van der Waals surface area (Å²) in [5, 5.41) is 15.0. The molecule has 0 aliphatic carbocycles. The van der Waals surface area contributed by atoms with Crippen LogP contribution in [0.15, 0.2) is 72.8 Å². The molecule has 3 aromatic carbocycles. The molecule has 3 aromatic rings. The summed E-state index contributed by atoms with van der Waals surface area (Å²) in [6, 6.07) is 18.7. The third-order valence-corrected chi connectivity index (χ3v) is 7.53. The maximum absolute atomic E-state index is 13.3. The fraction of sp³-hybridized carbons (Fsp3) is 0.267. The third kappa shape index (κ3) is 8.25. The number of anilines is 2. The number of ether oxygens (including phenoxy) is 2. The van der Waals surface area contributed by atoms with Crippen LogP contribution in [-0.4, -0.2) is 55.6 Å². The van der Waals surface area contributed by atoms with E-state index in [4.69, 9.17) is 9.47 Å². The Balaban J connectivity index is 1.68. The molecule has 1 heterocycles. The number of carbonyl (C=O) groups excluding carboxylic acids is 3. The van der Waals surface area contributed by atoms with Gasteiger partial charge in [-0.05, 0) is 56.2 Å². The van der Waals surface area contributed by atoms with Gasteiger partial charge < -0.3 is 25.2 Å². The summed E-state index contributed by atoms with van der Waals surface area (Å²) in [5.41, 5.74) is 0.658. The van der Waals surface area contributed by atoms with Gasteiger partial charge >= 0.3 is 22.3 Å². The number of rotatable bonds is 10. The summed E-state index contributed by atoms with van der Waals surface area (Å²) in [5.74, 6) is -2.47. The Morgan fingerprint density at radius 1 is 0.977 bits per heavy atom. The lowest BCUT2D eigenvalue weighted by Crippen LogP contribution is -2.47.